The van der Waals surface area contributed by atoms with E-state index >= 15 is 0 Å². The first-order valence-electron chi connectivity index (χ1n) is 6.13. The van der Waals surface area contributed by atoms with Gasteiger partial charge in [-0.25, -0.2) is 4.39 Å². The SMILES string of the molecule is CCNC(CCC(C)C)c1ccccc1F. The molecular weight excluding hydrogens is 201 g/mol. The van der Waals surface area contributed by atoms with Gasteiger partial charge < -0.3 is 5.32 Å². The number of halogens is 1. The van der Waals surface area contributed by atoms with Crippen molar-refractivity contribution < 1.29 is 4.39 Å². The second-order valence-electron chi connectivity index (χ2n) is 4.60. The van der Waals surface area contributed by atoms with Crippen LogP contribution in [0.25, 0.3) is 0 Å². The summed E-state index contributed by atoms with van der Waals surface area (Å²) in [7, 11) is 0. The fourth-order valence-electron chi connectivity index (χ4n) is 1.87. The third kappa shape index (κ3) is 3.93. The van der Waals surface area contributed by atoms with Crippen LogP contribution in [0.1, 0.15) is 45.2 Å². The van der Waals surface area contributed by atoms with Crippen molar-refractivity contribution in [3.8, 4) is 0 Å². The van der Waals surface area contributed by atoms with Crippen LogP contribution in [-0.4, -0.2) is 6.54 Å². The van der Waals surface area contributed by atoms with Crippen LogP contribution in [0.15, 0.2) is 24.3 Å². The zero-order valence-corrected chi connectivity index (χ0v) is 10.5. The van der Waals surface area contributed by atoms with Gasteiger partial charge >= 0.3 is 0 Å². The number of nitrogens with one attached hydrogen (secondary N) is 1. The van der Waals surface area contributed by atoms with Crippen LogP contribution < -0.4 is 5.32 Å². The third-order valence-corrected chi connectivity index (χ3v) is 2.76. The number of rotatable bonds is 6. The fraction of sp³-hybridized carbons (Fsp3) is 0.571. The highest BCUT2D eigenvalue weighted by atomic mass is 19.1. The molecule has 0 spiro atoms. The smallest absolute Gasteiger partial charge is 0.127 e. The molecular formula is C14H22FN. The molecule has 0 aliphatic carbocycles. The van der Waals surface area contributed by atoms with E-state index in [1.807, 2.05) is 12.1 Å². The molecule has 0 aromatic heterocycles. The molecule has 0 aliphatic rings. The Morgan fingerprint density at radius 3 is 2.44 bits per heavy atom. The predicted octanol–water partition coefficient (Wildman–Crippen LogP) is 3.91. The molecule has 1 nitrogen and oxygen atoms in total. The largest absolute Gasteiger partial charge is 0.310 e. The van der Waals surface area contributed by atoms with Gasteiger partial charge in [0.05, 0.1) is 0 Å². The lowest BCUT2D eigenvalue weighted by Crippen LogP contribution is -2.22. The van der Waals surface area contributed by atoms with Crippen LogP contribution in [0.5, 0.6) is 0 Å². The second-order valence-corrected chi connectivity index (χ2v) is 4.60. The number of hydrogen-bond acceptors (Lipinski definition) is 1. The zero-order valence-electron chi connectivity index (χ0n) is 10.5. The summed E-state index contributed by atoms with van der Waals surface area (Å²) in [5, 5.41) is 3.36. The molecule has 0 fully saturated rings. The summed E-state index contributed by atoms with van der Waals surface area (Å²) in [5.74, 6) is 0.560. The van der Waals surface area contributed by atoms with Crippen LogP contribution in [-0.2, 0) is 0 Å². The average molecular weight is 223 g/mol. The van der Waals surface area contributed by atoms with Crippen molar-refractivity contribution in [1.29, 1.82) is 0 Å². The summed E-state index contributed by atoms with van der Waals surface area (Å²) in [6.45, 7) is 7.33. The van der Waals surface area contributed by atoms with Gasteiger partial charge in [0.25, 0.3) is 0 Å². The number of benzene rings is 1. The highest BCUT2D eigenvalue weighted by Crippen LogP contribution is 2.23. The van der Waals surface area contributed by atoms with Crippen LogP contribution in [0, 0.1) is 11.7 Å². The first-order valence-corrected chi connectivity index (χ1v) is 6.13. The highest BCUT2D eigenvalue weighted by molar-refractivity contribution is 5.21. The molecule has 0 aliphatic heterocycles. The Morgan fingerprint density at radius 2 is 1.88 bits per heavy atom. The van der Waals surface area contributed by atoms with Crippen LogP contribution in [0.2, 0.25) is 0 Å². The molecule has 1 aromatic carbocycles. The van der Waals surface area contributed by atoms with Crippen LogP contribution in [0.3, 0.4) is 0 Å². The van der Waals surface area contributed by atoms with Gasteiger partial charge in [-0.1, -0.05) is 39.0 Å². The van der Waals surface area contributed by atoms with Gasteiger partial charge in [-0.2, -0.15) is 0 Å². The first kappa shape index (κ1) is 13.2. The standard InChI is InChI=1S/C14H22FN/c1-4-16-14(10-9-11(2)3)12-7-5-6-8-13(12)15/h5-8,11,14,16H,4,9-10H2,1-3H3. The van der Waals surface area contributed by atoms with Gasteiger partial charge in [0, 0.05) is 11.6 Å². The van der Waals surface area contributed by atoms with E-state index in [9.17, 15) is 4.39 Å². The maximum atomic E-state index is 13.6. The Bertz CT molecular complexity index is 309. The van der Waals surface area contributed by atoms with Crippen LogP contribution >= 0.6 is 0 Å². The Morgan fingerprint density at radius 1 is 1.19 bits per heavy atom. The molecule has 0 bridgehead atoms. The van der Waals surface area contributed by atoms with E-state index in [1.54, 1.807) is 6.07 Å². The third-order valence-electron chi connectivity index (χ3n) is 2.76. The van der Waals surface area contributed by atoms with Crippen molar-refractivity contribution in [2.24, 2.45) is 5.92 Å². The monoisotopic (exact) mass is 223 g/mol. The maximum Gasteiger partial charge on any atom is 0.127 e. The molecule has 0 saturated heterocycles. The Hall–Kier alpha value is -0.890. The lowest BCUT2D eigenvalue weighted by Gasteiger charge is -2.19. The number of hydrogen-bond donors (Lipinski definition) is 1. The minimum Gasteiger partial charge on any atom is -0.310 e. The van der Waals surface area contributed by atoms with Crippen molar-refractivity contribution in [2.45, 2.75) is 39.7 Å². The molecule has 1 rings (SSSR count). The predicted molar refractivity (Wildman–Crippen MR) is 66.9 cm³/mol. The lowest BCUT2D eigenvalue weighted by atomic mass is 9.97. The highest BCUT2D eigenvalue weighted by Gasteiger charge is 2.14. The summed E-state index contributed by atoms with van der Waals surface area (Å²) in [6, 6.07) is 7.20. The van der Waals surface area contributed by atoms with Crippen molar-refractivity contribution >= 4 is 0 Å². The van der Waals surface area contributed by atoms with E-state index in [4.69, 9.17) is 0 Å². The van der Waals surface area contributed by atoms with Crippen molar-refractivity contribution in [3.05, 3.63) is 35.6 Å². The van der Waals surface area contributed by atoms with Crippen LogP contribution in [0.4, 0.5) is 4.39 Å². The zero-order chi connectivity index (χ0) is 12.0. The van der Waals surface area contributed by atoms with Gasteiger partial charge in [0.15, 0.2) is 0 Å². The molecule has 16 heavy (non-hydrogen) atoms. The second kappa shape index (κ2) is 6.64. The van der Waals surface area contributed by atoms with E-state index in [2.05, 4.69) is 26.1 Å². The molecule has 1 aromatic rings. The molecule has 0 saturated carbocycles. The minimum absolute atomic E-state index is 0.0998. The average Bonchev–Trinajstić information content (AvgIpc) is 2.25. The Kier molecular flexibility index (Phi) is 5.47. The summed E-state index contributed by atoms with van der Waals surface area (Å²) in [4.78, 5) is 0. The molecule has 0 radical (unpaired) electrons. The quantitative estimate of drug-likeness (QED) is 0.771. The molecule has 0 heterocycles. The summed E-state index contributed by atoms with van der Waals surface area (Å²) in [5.41, 5.74) is 0.796. The molecule has 90 valence electrons. The molecule has 0 amide bonds. The van der Waals surface area contributed by atoms with E-state index in [0.29, 0.717) is 5.92 Å². The van der Waals surface area contributed by atoms with E-state index < -0.39 is 0 Å². The Labute approximate surface area is 98.1 Å². The Balaban J connectivity index is 2.73. The molecule has 1 N–H and O–H groups in total. The van der Waals surface area contributed by atoms with Crippen molar-refractivity contribution in [3.63, 3.8) is 0 Å². The lowest BCUT2D eigenvalue weighted by molar-refractivity contribution is 0.434. The van der Waals surface area contributed by atoms with Gasteiger partial charge in [0.1, 0.15) is 5.82 Å². The molecule has 1 atom stereocenters. The van der Waals surface area contributed by atoms with Gasteiger partial charge in [-0.3, -0.25) is 0 Å². The normalized spacial score (nSPS) is 13.1. The van der Waals surface area contributed by atoms with Crippen molar-refractivity contribution in [1.82, 2.24) is 5.32 Å². The van der Waals surface area contributed by atoms with Gasteiger partial charge in [-0.15, -0.1) is 0 Å². The minimum atomic E-state index is -0.0998. The van der Waals surface area contributed by atoms with Gasteiger partial charge in [0.2, 0.25) is 0 Å². The van der Waals surface area contributed by atoms with E-state index in [-0.39, 0.29) is 11.9 Å². The van der Waals surface area contributed by atoms with E-state index in [1.165, 1.54) is 6.07 Å². The van der Waals surface area contributed by atoms with Crippen molar-refractivity contribution in [2.75, 3.05) is 6.54 Å². The molecule has 2 heteroatoms. The summed E-state index contributed by atoms with van der Waals surface area (Å²) < 4.78 is 13.6. The molecule has 1 unspecified atom stereocenters. The van der Waals surface area contributed by atoms with E-state index in [0.717, 1.165) is 24.9 Å². The topological polar surface area (TPSA) is 12.0 Å². The first-order chi connectivity index (χ1) is 7.65. The summed E-state index contributed by atoms with van der Waals surface area (Å²) in [6.07, 6.45) is 2.11. The maximum absolute atomic E-state index is 13.6. The van der Waals surface area contributed by atoms with Gasteiger partial charge in [-0.05, 0) is 31.4 Å². The fourth-order valence-corrected chi connectivity index (χ4v) is 1.87. The summed E-state index contributed by atoms with van der Waals surface area (Å²) >= 11 is 0.